The molecule has 5 nitrogen and oxygen atoms in total. The average molecular weight is 463 g/mol. The lowest BCUT2D eigenvalue weighted by molar-refractivity contribution is 0.242. The number of nitrogens with zero attached hydrogens (tertiary/aromatic N) is 3. The van der Waals surface area contributed by atoms with Crippen LogP contribution in [0.5, 0.6) is 0 Å². The molecule has 0 spiro atoms. The van der Waals surface area contributed by atoms with Crippen molar-refractivity contribution in [1.29, 1.82) is 0 Å². The molecule has 2 fully saturated rings. The Morgan fingerprint density at radius 3 is 2.83 bits per heavy atom. The summed E-state index contributed by atoms with van der Waals surface area (Å²) in [7, 11) is 0. The van der Waals surface area contributed by atoms with E-state index >= 15 is 0 Å². The SMILES string of the molecule is CCNC(=NCc1cnc(C)s1)NC1CCN(C2CCCC2)C1.I. The molecule has 1 aliphatic heterocycles. The molecule has 1 unspecified atom stereocenters. The predicted molar refractivity (Wildman–Crippen MR) is 112 cm³/mol. The number of rotatable bonds is 5. The fourth-order valence-corrected chi connectivity index (χ4v) is 4.37. The first kappa shape index (κ1) is 19.9. The van der Waals surface area contributed by atoms with E-state index in [2.05, 4.69) is 27.4 Å². The van der Waals surface area contributed by atoms with Gasteiger partial charge in [-0.1, -0.05) is 12.8 Å². The van der Waals surface area contributed by atoms with Crippen LogP contribution in [0, 0.1) is 6.92 Å². The van der Waals surface area contributed by atoms with Crippen LogP contribution in [-0.4, -0.2) is 47.6 Å². The standard InChI is InChI=1S/C17H29N5S.HI/c1-3-18-17(20-11-16-10-19-13(2)23-16)21-14-8-9-22(12-14)15-6-4-5-7-15;/h10,14-15H,3-9,11-12H2,1-2H3,(H2,18,20,21);1H. The Hall–Kier alpha value is -0.410. The van der Waals surface area contributed by atoms with Crippen molar-refractivity contribution in [2.75, 3.05) is 19.6 Å². The molecule has 2 heterocycles. The minimum absolute atomic E-state index is 0. The average Bonchev–Trinajstić information content (AvgIpc) is 3.26. The van der Waals surface area contributed by atoms with E-state index in [1.54, 1.807) is 11.3 Å². The van der Waals surface area contributed by atoms with Crippen molar-refractivity contribution in [2.45, 2.75) is 64.6 Å². The van der Waals surface area contributed by atoms with Crippen LogP contribution in [0.15, 0.2) is 11.2 Å². The van der Waals surface area contributed by atoms with Crippen molar-refractivity contribution >= 4 is 41.3 Å². The van der Waals surface area contributed by atoms with Crippen molar-refractivity contribution in [2.24, 2.45) is 4.99 Å². The van der Waals surface area contributed by atoms with Gasteiger partial charge in [0.15, 0.2) is 5.96 Å². The number of aliphatic imine (C=N–C) groups is 1. The number of hydrogen-bond donors (Lipinski definition) is 2. The molecule has 136 valence electrons. The summed E-state index contributed by atoms with van der Waals surface area (Å²) < 4.78 is 0. The monoisotopic (exact) mass is 463 g/mol. The molecule has 1 atom stereocenters. The van der Waals surface area contributed by atoms with Crippen LogP contribution >= 0.6 is 35.3 Å². The summed E-state index contributed by atoms with van der Waals surface area (Å²) in [5, 5.41) is 8.11. The molecule has 0 radical (unpaired) electrons. The molecule has 7 heteroatoms. The molecule has 24 heavy (non-hydrogen) atoms. The van der Waals surface area contributed by atoms with Crippen molar-refractivity contribution in [3.63, 3.8) is 0 Å². The van der Waals surface area contributed by atoms with E-state index in [0.29, 0.717) is 12.6 Å². The third kappa shape index (κ3) is 5.56. The number of aryl methyl sites for hydroxylation is 1. The van der Waals surface area contributed by atoms with E-state index in [1.165, 1.54) is 43.5 Å². The molecule has 2 N–H and O–H groups in total. The van der Waals surface area contributed by atoms with Gasteiger partial charge < -0.3 is 10.6 Å². The van der Waals surface area contributed by atoms with Crippen molar-refractivity contribution in [1.82, 2.24) is 20.5 Å². The molecule has 0 amide bonds. The lowest BCUT2D eigenvalue weighted by Crippen LogP contribution is -2.45. The first-order valence-electron chi connectivity index (χ1n) is 8.95. The highest BCUT2D eigenvalue weighted by Gasteiger charge is 2.30. The maximum absolute atomic E-state index is 4.73. The summed E-state index contributed by atoms with van der Waals surface area (Å²) in [6.07, 6.45) is 8.78. The maximum atomic E-state index is 4.73. The number of halogens is 1. The molecule has 1 aromatic heterocycles. The van der Waals surface area contributed by atoms with Gasteiger partial charge in [0.05, 0.1) is 11.6 Å². The molecule has 1 aromatic rings. The second-order valence-corrected chi connectivity index (χ2v) is 7.92. The predicted octanol–water partition coefficient (Wildman–Crippen LogP) is 3.14. The lowest BCUT2D eigenvalue weighted by Gasteiger charge is -2.24. The van der Waals surface area contributed by atoms with Crippen LogP contribution in [0.4, 0.5) is 0 Å². The number of thiazole rings is 1. The zero-order valence-electron chi connectivity index (χ0n) is 14.8. The molecule has 3 rings (SSSR count). The van der Waals surface area contributed by atoms with Gasteiger partial charge in [0.25, 0.3) is 0 Å². The summed E-state index contributed by atoms with van der Waals surface area (Å²) in [4.78, 5) is 12.9. The van der Waals surface area contributed by atoms with Crippen LogP contribution in [-0.2, 0) is 6.54 Å². The number of nitrogens with one attached hydrogen (secondary N) is 2. The van der Waals surface area contributed by atoms with Crippen LogP contribution in [0.1, 0.15) is 48.9 Å². The van der Waals surface area contributed by atoms with Crippen molar-refractivity contribution in [3.8, 4) is 0 Å². The fourth-order valence-electron chi connectivity index (χ4n) is 3.65. The van der Waals surface area contributed by atoms with Gasteiger partial charge in [0.2, 0.25) is 0 Å². The fraction of sp³-hybridized carbons (Fsp3) is 0.765. The quantitative estimate of drug-likeness (QED) is 0.400. The van der Waals surface area contributed by atoms with Gasteiger partial charge >= 0.3 is 0 Å². The van der Waals surface area contributed by atoms with Gasteiger partial charge in [-0.2, -0.15) is 0 Å². The van der Waals surface area contributed by atoms with E-state index in [1.807, 2.05) is 13.1 Å². The zero-order valence-corrected chi connectivity index (χ0v) is 17.9. The Morgan fingerprint density at radius 2 is 2.17 bits per heavy atom. The van der Waals surface area contributed by atoms with Gasteiger partial charge in [0.1, 0.15) is 0 Å². The van der Waals surface area contributed by atoms with Crippen molar-refractivity contribution in [3.05, 3.63) is 16.1 Å². The topological polar surface area (TPSA) is 52.6 Å². The summed E-state index contributed by atoms with van der Waals surface area (Å²) >= 11 is 1.73. The highest BCUT2D eigenvalue weighted by atomic mass is 127. The van der Waals surface area contributed by atoms with E-state index in [0.717, 1.165) is 30.1 Å². The van der Waals surface area contributed by atoms with E-state index < -0.39 is 0 Å². The molecule has 0 bridgehead atoms. The summed E-state index contributed by atoms with van der Waals surface area (Å²) in [6, 6.07) is 1.36. The number of guanidine groups is 1. The van der Waals surface area contributed by atoms with E-state index in [9.17, 15) is 0 Å². The summed E-state index contributed by atoms with van der Waals surface area (Å²) in [5.74, 6) is 0.942. The van der Waals surface area contributed by atoms with Gasteiger partial charge in [-0.3, -0.25) is 4.90 Å². The maximum Gasteiger partial charge on any atom is 0.191 e. The number of likely N-dealkylation sites (tertiary alicyclic amines) is 1. The van der Waals surface area contributed by atoms with Crippen LogP contribution in [0.3, 0.4) is 0 Å². The minimum atomic E-state index is 0. The zero-order chi connectivity index (χ0) is 16.1. The first-order chi connectivity index (χ1) is 11.2. The third-order valence-electron chi connectivity index (χ3n) is 4.81. The van der Waals surface area contributed by atoms with Crippen LogP contribution in [0.25, 0.3) is 0 Å². The smallest absolute Gasteiger partial charge is 0.191 e. The number of aromatic nitrogens is 1. The summed E-state index contributed by atoms with van der Waals surface area (Å²) in [5.41, 5.74) is 0. The molecular formula is C17H30IN5S. The molecule has 1 aliphatic carbocycles. The highest BCUT2D eigenvalue weighted by molar-refractivity contribution is 14.0. The van der Waals surface area contributed by atoms with E-state index in [-0.39, 0.29) is 24.0 Å². The Morgan fingerprint density at radius 1 is 1.38 bits per heavy atom. The number of hydrogen-bond acceptors (Lipinski definition) is 4. The molecule has 2 aliphatic rings. The van der Waals surface area contributed by atoms with Crippen LogP contribution < -0.4 is 10.6 Å². The van der Waals surface area contributed by atoms with Crippen molar-refractivity contribution < 1.29 is 0 Å². The second-order valence-electron chi connectivity index (χ2n) is 6.60. The van der Waals surface area contributed by atoms with Crippen LogP contribution in [0.2, 0.25) is 0 Å². The normalized spacial score (nSPS) is 22.6. The Balaban J connectivity index is 0.00000208. The molecular weight excluding hydrogens is 433 g/mol. The highest BCUT2D eigenvalue weighted by Crippen LogP contribution is 2.26. The molecule has 0 aromatic carbocycles. The van der Waals surface area contributed by atoms with E-state index in [4.69, 9.17) is 4.99 Å². The lowest BCUT2D eigenvalue weighted by atomic mass is 10.2. The third-order valence-corrected chi connectivity index (χ3v) is 5.71. The van der Waals surface area contributed by atoms with Gasteiger partial charge in [-0.05, 0) is 33.1 Å². The Bertz CT molecular complexity index is 527. The van der Waals surface area contributed by atoms with Gasteiger partial charge in [-0.15, -0.1) is 35.3 Å². The summed E-state index contributed by atoms with van der Waals surface area (Å²) in [6.45, 7) is 8.15. The first-order valence-corrected chi connectivity index (χ1v) is 9.76. The minimum Gasteiger partial charge on any atom is -0.357 e. The van der Waals surface area contributed by atoms with Gasteiger partial charge in [0, 0.05) is 42.8 Å². The largest absolute Gasteiger partial charge is 0.357 e. The van der Waals surface area contributed by atoms with Gasteiger partial charge in [-0.25, -0.2) is 9.98 Å². The molecule has 1 saturated carbocycles. The molecule has 1 saturated heterocycles. The Labute approximate surface area is 166 Å². The second kappa shape index (κ2) is 9.91. The Kier molecular flexibility index (Phi) is 8.22.